The van der Waals surface area contributed by atoms with Crippen molar-refractivity contribution in [3.05, 3.63) is 59.9 Å². The Morgan fingerprint density at radius 2 is 1.87 bits per heavy atom. The predicted molar refractivity (Wildman–Crippen MR) is 120 cm³/mol. The molecule has 2 aromatic carbocycles. The molecule has 0 aliphatic carbocycles. The summed E-state index contributed by atoms with van der Waals surface area (Å²) in [7, 11) is 3.40. The molecule has 31 heavy (non-hydrogen) atoms. The van der Waals surface area contributed by atoms with Crippen LogP contribution in [0.4, 0.5) is 4.39 Å². The Morgan fingerprint density at radius 3 is 2.52 bits per heavy atom. The molecule has 164 valence electrons. The molecule has 3 aromatic rings. The van der Waals surface area contributed by atoms with Gasteiger partial charge in [-0.05, 0) is 35.7 Å². The number of aromatic nitrogens is 3. The highest BCUT2D eigenvalue weighted by atomic mass is 32.2. The van der Waals surface area contributed by atoms with E-state index in [0.29, 0.717) is 35.6 Å². The van der Waals surface area contributed by atoms with E-state index in [9.17, 15) is 9.18 Å². The molecule has 8 heteroatoms. The van der Waals surface area contributed by atoms with Crippen LogP contribution in [0.2, 0.25) is 0 Å². The molecule has 1 aromatic heterocycles. The Labute approximate surface area is 186 Å². The number of rotatable bonds is 9. The number of amides is 1. The molecule has 6 nitrogen and oxygen atoms in total. The third-order valence-corrected chi connectivity index (χ3v) is 5.66. The fraction of sp³-hybridized carbons (Fsp3) is 0.348. The Morgan fingerprint density at radius 1 is 1.16 bits per heavy atom. The second-order valence-corrected chi connectivity index (χ2v) is 8.62. The fourth-order valence-corrected chi connectivity index (χ4v) is 3.98. The third kappa shape index (κ3) is 5.85. The SMILES string of the molecule is COc1ccc(CN(C)C(=O)CSc2nnc(-c3ccccc3F)n2CC(C)C)cc1. The van der Waals surface area contributed by atoms with Crippen LogP contribution in [0.5, 0.6) is 5.75 Å². The number of ether oxygens (including phenoxy) is 1. The Bertz CT molecular complexity index is 1020. The van der Waals surface area contributed by atoms with Crippen molar-refractivity contribution in [3.8, 4) is 17.1 Å². The van der Waals surface area contributed by atoms with Gasteiger partial charge in [0.2, 0.25) is 5.91 Å². The van der Waals surface area contributed by atoms with Gasteiger partial charge in [-0.15, -0.1) is 10.2 Å². The summed E-state index contributed by atoms with van der Waals surface area (Å²) in [6, 6.07) is 14.2. The zero-order valence-electron chi connectivity index (χ0n) is 18.2. The molecule has 0 bridgehead atoms. The lowest BCUT2D eigenvalue weighted by Crippen LogP contribution is -2.28. The molecule has 1 amide bonds. The largest absolute Gasteiger partial charge is 0.497 e. The average molecular weight is 443 g/mol. The van der Waals surface area contributed by atoms with Gasteiger partial charge in [-0.25, -0.2) is 4.39 Å². The van der Waals surface area contributed by atoms with Crippen LogP contribution < -0.4 is 4.74 Å². The highest BCUT2D eigenvalue weighted by Gasteiger charge is 2.19. The minimum atomic E-state index is -0.341. The number of carbonyl (C=O) groups excluding carboxylic acids is 1. The van der Waals surface area contributed by atoms with E-state index in [-0.39, 0.29) is 17.5 Å². The van der Waals surface area contributed by atoms with Gasteiger partial charge in [-0.1, -0.05) is 49.9 Å². The molecule has 1 heterocycles. The summed E-state index contributed by atoms with van der Waals surface area (Å²) in [5.41, 5.74) is 1.43. The van der Waals surface area contributed by atoms with Crippen molar-refractivity contribution in [1.29, 1.82) is 0 Å². The maximum absolute atomic E-state index is 14.3. The number of methoxy groups -OCH3 is 1. The minimum Gasteiger partial charge on any atom is -0.497 e. The quantitative estimate of drug-likeness (QED) is 0.457. The first-order chi connectivity index (χ1) is 14.9. The normalized spacial score (nSPS) is 11.0. The first kappa shape index (κ1) is 22.8. The van der Waals surface area contributed by atoms with E-state index < -0.39 is 0 Å². The van der Waals surface area contributed by atoms with Gasteiger partial charge in [0, 0.05) is 20.1 Å². The van der Waals surface area contributed by atoms with Crippen molar-refractivity contribution < 1.29 is 13.9 Å². The monoisotopic (exact) mass is 442 g/mol. The number of hydrogen-bond donors (Lipinski definition) is 0. The fourth-order valence-electron chi connectivity index (χ4n) is 3.10. The summed E-state index contributed by atoms with van der Waals surface area (Å²) in [5.74, 6) is 1.44. The highest BCUT2D eigenvalue weighted by Crippen LogP contribution is 2.27. The second-order valence-electron chi connectivity index (χ2n) is 7.68. The molecule has 0 N–H and O–H groups in total. The van der Waals surface area contributed by atoms with E-state index in [2.05, 4.69) is 24.0 Å². The van der Waals surface area contributed by atoms with Gasteiger partial charge in [0.05, 0.1) is 18.4 Å². The summed E-state index contributed by atoms with van der Waals surface area (Å²) in [6.07, 6.45) is 0. The van der Waals surface area contributed by atoms with E-state index in [4.69, 9.17) is 4.74 Å². The summed E-state index contributed by atoms with van der Waals surface area (Å²) < 4.78 is 21.4. The van der Waals surface area contributed by atoms with E-state index in [1.165, 1.54) is 17.8 Å². The van der Waals surface area contributed by atoms with Crippen LogP contribution in [-0.2, 0) is 17.9 Å². The van der Waals surface area contributed by atoms with Crippen LogP contribution in [0.15, 0.2) is 53.7 Å². The van der Waals surface area contributed by atoms with Crippen LogP contribution in [0.3, 0.4) is 0 Å². The lowest BCUT2D eigenvalue weighted by molar-refractivity contribution is -0.127. The van der Waals surface area contributed by atoms with Crippen molar-refractivity contribution in [2.75, 3.05) is 19.9 Å². The molecule has 0 spiro atoms. The Kier molecular flexibility index (Phi) is 7.68. The van der Waals surface area contributed by atoms with Crippen molar-refractivity contribution in [2.45, 2.75) is 32.1 Å². The summed E-state index contributed by atoms with van der Waals surface area (Å²) in [6.45, 7) is 5.29. The molecule has 3 rings (SSSR count). The maximum atomic E-state index is 14.3. The number of carbonyl (C=O) groups is 1. The molecule has 0 atom stereocenters. The van der Waals surface area contributed by atoms with E-state index in [0.717, 1.165) is 11.3 Å². The van der Waals surface area contributed by atoms with Crippen molar-refractivity contribution in [2.24, 2.45) is 5.92 Å². The van der Waals surface area contributed by atoms with Gasteiger partial charge in [0.25, 0.3) is 0 Å². The molecule has 0 aliphatic heterocycles. The molecule has 0 unspecified atom stereocenters. The zero-order chi connectivity index (χ0) is 22.4. The van der Waals surface area contributed by atoms with Gasteiger partial charge < -0.3 is 14.2 Å². The van der Waals surface area contributed by atoms with Crippen molar-refractivity contribution in [1.82, 2.24) is 19.7 Å². The third-order valence-electron chi connectivity index (χ3n) is 4.71. The molecule has 0 radical (unpaired) electrons. The van der Waals surface area contributed by atoms with E-state index in [1.54, 1.807) is 37.3 Å². The van der Waals surface area contributed by atoms with Crippen LogP contribution >= 0.6 is 11.8 Å². The molecular weight excluding hydrogens is 415 g/mol. The summed E-state index contributed by atoms with van der Waals surface area (Å²) in [4.78, 5) is 14.3. The van der Waals surface area contributed by atoms with Crippen LogP contribution in [0.25, 0.3) is 11.4 Å². The van der Waals surface area contributed by atoms with E-state index >= 15 is 0 Å². The maximum Gasteiger partial charge on any atom is 0.233 e. The van der Waals surface area contributed by atoms with Crippen LogP contribution in [0, 0.1) is 11.7 Å². The number of benzene rings is 2. The van der Waals surface area contributed by atoms with Gasteiger partial charge >= 0.3 is 0 Å². The number of halogens is 1. The highest BCUT2D eigenvalue weighted by molar-refractivity contribution is 7.99. The number of thioether (sulfide) groups is 1. The second kappa shape index (κ2) is 10.4. The van der Waals surface area contributed by atoms with Gasteiger partial charge in [-0.3, -0.25) is 4.79 Å². The van der Waals surface area contributed by atoms with Gasteiger partial charge in [-0.2, -0.15) is 0 Å². The lowest BCUT2D eigenvalue weighted by Gasteiger charge is -2.18. The zero-order valence-corrected chi connectivity index (χ0v) is 19.0. The number of nitrogens with zero attached hydrogens (tertiary/aromatic N) is 4. The average Bonchev–Trinajstić information content (AvgIpc) is 3.14. The molecule has 0 saturated heterocycles. The topological polar surface area (TPSA) is 60.2 Å². The smallest absolute Gasteiger partial charge is 0.233 e. The first-order valence-corrected chi connectivity index (χ1v) is 11.1. The molecule has 0 saturated carbocycles. The minimum absolute atomic E-state index is 0.0210. The summed E-state index contributed by atoms with van der Waals surface area (Å²) >= 11 is 1.32. The lowest BCUT2D eigenvalue weighted by atomic mass is 10.2. The van der Waals surface area contributed by atoms with Gasteiger partial charge in [0.15, 0.2) is 11.0 Å². The van der Waals surface area contributed by atoms with Crippen LogP contribution in [-0.4, -0.2) is 45.5 Å². The Balaban J connectivity index is 1.70. The molecular formula is C23H27FN4O2S. The van der Waals surface area contributed by atoms with Crippen molar-refractivity contribution >= 4 is 17.7 Å². The van der Waals surface area contributed by atoms with E-state index in [1.807, 2.05) is 28.8 Å². The predicted octanol–water partition coefficient (Wildman–Crippen LogP) is 4.50. The number of hydrogen-bond acceptors (Lipinski definition) is 5. The van der Waals surface area contributed by atoms with Crippen LogP contribution in [0.1, 0.15) is 19.4 Å². The Hall–Kier alpha value is -2.87. The van der Waals surface area contributed by atoms with Crippen molar-refractivity contribution in [3.63, 3.8) is 0 Å². The molecule has 0 aliphatic rings. The first-order valence-electron chi connectivity index (χ1n) is 10.1. The van der Waals surface area contributed by atoms with Gasteiger partial charge in [0.1, 0.15) is 11.6 Å². The molecule has 0 fully saturated rings. The summed E-state index contributed by atoms with van der Waals surface area (Å²) in [5, 5.41) is 9.08. The standard InChI is InChI=1S/C23H27FN4O2S/c1-16(2)13-28-22(19-7-5-6-8-20(19)24)25-26-23(28)31-15-21(29)27(3)14-17-9-11-18(30-4)12-10-17/h5-12,16H,13-15H2,1-4H3.